The zero-order chi connectivity index (χ0) is 20.0. The maximum Gasteiger partial charge on any atom is 0.416 e. The number of amides is 1. The van der Waals surface area contributed by atoms with Gasteiger partial charge in [0.1, 0.15) is 0 Å². The molecule has 0 atom stereocenters. The van der Waals surface area contributed by atoms with Crippen molar-refractivity contribution in [2.75, 3.05) is 49.5 Å². The number of β-amino-alcohol motifs (C(OH)–C–C–N with tert-alkyl or cyclic N) is 1. The molecule has 0 radical (unpaired) electrons. The lowest BCUT2D eigenvalue weighted by molar-refractivity contribution is -0.137. The Balaban J connectivity index is 2.25. The lowest BCUT2D eigenvalue weighted by Crippen LogP contribution is -2.47. The monoisotopic (exact) mass is 387 g/mol. The van der Waals surface area contributed by atoms with Gasteiger partial charge in [-0.2, -0.15) is 13.2 Å². The molecule has 7 nitrogen and oxygen atoms in total. The van der Waals surface area contributed by atoms with Gasteiger partial charge in [0, 0.05) is 44.9 Å². The van der Waals surface area contributed by atoms with Crippen LogP contribution in [0.2, 0.25) is 0 Å². The molecule has 1 aliphatic heterocycles. The van der Waals surface area contributed by atoms with E-state index in [-0.39, 0.29) is 12.3 Å². The lowest BCUT2D eigenvalue weighted by atomic mass is 10.1. The van der Waals surface area contributed by atoms with Crippen molar-refractivity contribution in [3.8, 4) is 0 Å². The Morgan fingerprint density at radius 2 is 1.81 bits per heavy atom. The second kappa shape index (κ2) is 8.87. The molecule has 10 heteroatoms. The number of halogens is 3. The SMILES string of the molecule is O=C(O)/C=C\C(=O)Nc1cc(C(F)(F)F)ccc1N1CCN(CCO)CC1. The number of nitrogens with zero attached hydrogens (tertiary/aromatic N) is 2. The summed E-state index contributed by atoms with van der Waals surface area (Å²) in [5.41, 5.74) is -0.535. The van der Waals surface area contributed by atoms with E-state index >= 15 is 0 Å². The smallest absolute Gasteiger partial charge is 0.416 e. The van der Waals surface area contributed by atoms with E-state index in [0.717, 1.165) is 18.2 Å². The normalized spacial score (nSPS) is 15.9. The number of rotatable bonds is 6. The summed E-state index contributed by atoms with van der Waals surface area (Å²) in [5.74, 6) is -2.17. The van der Waals surface area contributed by atoms with Crippen molar-refractivity contribution in [3.05, 3.63) is 35.9 Å². The van der Waals surface area contributed by atoms with E-state index in [9.17, 15) is 22.8 Å². The third kappa shape index (κ3) is 5.97. The number of anilines is 2. The Morgan fingerprint density at radius 3 is 2.37 bits per heavy atom. The number of carboxylic acids is 1. The highest BCUT2D eigenvalue weighted by molar-refractivity contribution is 6.04. The van der Waals surface area contributed by atoms with Crippen molar-refractivity contribution in [2.24, 2.45) is 0 Å². The van der Waals surface area contributed by atoms with E-state index in [2.05, 4.69) is 5.32 Å². The number of carbonyl (C=O) groups is 2. The van der Waals surface area contributed by atoms with Crippen LogP contribution in [0.5, 0.6) is 0 Å². The molecule has 1 aromatic carbocycles. The molecule has 0 aliphatic carbocycles. The highest BCUT2D eigenvalue weighted by Crippen LogP contribution is 2.35. The highest BCUT2D eigenvalue weighted by Gasteiger charge is 2.32. The topological polar surface area (TPSA) is 93.1 Å². The molecule has 0 unspecified atom stereocenters. The van der Waals surface area contributed by atoms with Gasteiger partial charge >= 0.3 is 12.1 Å². The van der Waals surface area contributed by atoms with Crippen LogP contribution in [-0.2, 0) is 15.8 Å². The molecule has 0 bridgehead atoms. The van der Waals surface area contributed by atoms with Gasteiger partial charge in [0.15, 0.2) is 0 Å². The number of aliphatic hydroxyl groups is 1. The molecule has 3 N–H and O–H groups in total. The summed E-state index contributed by atoms with van der Waals surface area (Å²) in [6.07, 6.45) is -3.23. The summed E-state index contributed by atoms with van der Waals surface area (Å²) >= 11 is 0. The Morgan fingerprint density at radius 1 is 1.15 bits per heavy atom. The van der Waals surface area contributed by atoms with Gasteiger partial charge in [-0.1, -0.05) is 0 Å². The average molecular weight is 387 g/mol. The van der Waals surface area contributed by atoms with E-state index < -0.39 is 23.6 Å². The molecule has 0 spiro atoms. The molecule has 1 aliphatic rings. The van der Waals surface area contributed by atoms with Crippen molar-refractivity contribution in [3.63, 3.8) is 0 Å². The minimum atomic E-state index is -4.57. The molecule has 1 aromatic rings. The van der Waals surface area contributed by atoms with Gasteiger partial charge in [-0.15, -0.1) is 0 Å². The number of benzene rings is 1. The number of hydrogen-bond acceptors (Lipinski definition) is 5. The number of aliphatic carboxylic acids is 1. The molecule has 0 saturated carbocycles. The summed E-state index contributed by atoms with van der Waals surface area (Å²) in [6.45, 7) is 2.81. The van der Waals surface area contributed by atoms with Crippen molar-refractivity contribution in [1.29, 1.82) is 0 Å². The van der Waals surface area contributed by atoms with E-state index in [1.165, 1.54) is 6.07 Å². The van der Waals surface area contributed by atoms with Crippen LogP contribution in [0, 0.1) is 0 Å². The van der Waals surface area contributed by atoms with Crippen LogP contribution < -0.4 is 10.2 Å². The molecule has 1 amide bonds. The number of alkyl halides is 3. The Labute approximate surface area is 153 Å². The number of hydrogen-bond donors (Lipinski definition) is 3. The first-order valence-corrected chi connectivity index (χ1v) is 8.22. The molecule has 27 heavy (non-hydrogen) atoms. The van der Waals surface area contributed by atoms with E-state index in [4.69, 9.17) is 10.2 Å². The van der Waals surface area contributed by atoms with Crippen LogP contribution in [0.1, 0.15) is 5.56 Å². The van der Waals surface area contributed by atoms with Crippen molar-refractivity contribution in [1.82, 2.24) is 4.90 Å². The predicted molar refractivity (Wildman–Crippen MR) is 92.6 cm³/mol. The van der Waals surface area contributed by atoms with Gasteiger partial charge in [-0.25, -0.2) is 4.79 Å². The molecule has 1 heterocycles. The van der Waals surface area contributed by atoms with Gasteiger partial charge in [0.2, 0.25) is 5.91 Å². The summed E-state index contributed by atoms with van der Waals surface area (Å²) < 4.78 is 39.1. The summed E-state index contributed by atoms with van der Waals surface area (Å²) in [5, 5.41) is 19.9. The second-order valence-electron chi connectivity index (χ2n) is 5.94. The maximum absolute atomic E-state index is 13.0. The summed E-state index contributed by atoms with van der Waals surface area (Å²) in [6, 6.07) is 3.07. The minimum Gasteiger partial charge on any atom is -0.478 e. The summed E-state index contributed by atoms with van der Waals surface area (Å²) in [7, 11) is 0. The third-order valence-corrected chi connectivity index (χ3v) is 4.09. The Hall–Kier alpha value is -2.59. The molecule has 1 fully saturated rings. The zero-order valence-electron chi connectivity index (χ0n) is 14.4. The molecule has 0 aromatic heterocycles. The van der Waals surface area contributed by atoms with Crippen molar-refractivity contribution < 1.29 is 33.0 Å². The van der Waals surface area contributed by atoms with Crippen LogP contribution in [0.4, 0.5) is 24.5 Å². The van der Waals surface area contributed by atoms with Gasteiger partial charge < -0.3 is 20.4 Å². The number of aliphatic hydroxyl groups excluding tert-OH is 1. The highest BCUT2D eigenvalue weighted by atomic mass is 19.4. The number of piperazine rings is 1. The van der Waals surface area contributed by atoms with E-state index in [1.54, 1.807) is 0 Å². The second-order valence-corrected chi connectivity index (χ2v) is 5.94. The predicted octanol–water partition coefficient (Wildman–Crippen LogP) is 1.40. The minimum absolute atomic E-state index is 0.0253. The fraction of sp³-hybridized carbons (Fsp3) is 0.412. The van der Waals surface area contributed by atoms with Crippen LogP contribution in [0.25, 0.3) is 0 Å². The first-order valence-electron chi connectivity index (χ1n) is 8.22. The summed E-state index contributed by atoms with van der Waals surface area (Å²) in [4.78, 5) is 26.2. The van der Waals surface area contributed by atoms with Gasteiger partial charge in [0.05, 0.1) is 23.5 Å². The fourth-order valence-electron chi connectivity index (χ4n) is 2.76. The Bertz CT molecular complexity index is 714. The van der Waals surface area contributed by atoms with Crippen molar-refractivity contribution >= 4 is 23.3 Å². The molecule has 1 saturated heterocycles. The third-order valence-electron chi connectivity index (χ3n) is 4.09. The number of carboxylic acid groups (broad SMARTS) is 1. The number of carbonyl (C=O) groups excluding carboxylic acids is 1. The standard InChI is InChI=1S/C17H20F3N3O4/c18-17(19,20)12-1-2-14(23-7-5-22(6-8-23)9-10-24)13(11-12)21-15(25)3-4-16(26)27/h1-4,11,24H,5-10H2,(H,21,25)(H,26,27)/b4-3-. The largest absolute Gasteiger partial charge is 0.478 e. The van der Waals surface area contributed by atoms with Crippen LogP contribution in [-0.4, -0.2) is 66.3 Å². The molecule has 148 valence electrons. The quantitative estimate of drug-likeness (QED) is 0.639. The van der Waals surface area contributed by atoms with Crippen LogP contribution in [0.15, 0.2) is 30.4 Å². The fourth-order valence-corrected chi connectivity index (χ4v) is 2.76. The van der Waals surface area contributed by atoms with Gasteiger partial charge in [0.25, 0.3) is 0 Å². The Kier molecular flexibility index (Phi) is 6.81. The number of nitrogens with one attached hydrogen (secondary N) is 1. The lowest BCUT2D eigenvalue weighted by Gasteiger charge is -2.36. The maximum atomic E-state index is 13.0. The average Bonchev–Trinajstić information content (AvgIpc) is 2.60. The molecular formula is C17H20F3N3O4. The van der Waals surface area contributed by atoms with Crippen LogP contribution in [0.3, 0.4) is 0 Å². The van der Waals surface area contributed by atoms with Gasteiger partial charge in [-0.3, -0.25) is 9.69 Å². The first-order chi connectivity index (χ1) is 12.7. The first kappa shape index (κ1) is 20.7. The van der Waals surface area contributed by atoms with E-state index in [1.807, 2.05) is 9.80 Å². The van der Waals surface area contributed by atoms with E-state index in [0.29, 0.717) is 44.5 Å². The molecule has 2 rings (SSSR count). The van der Waals surface area contributed by atoms with Crippen molar-refractivity contribution in [2.45, 2.75) is 6.18 Å². The zero-order valence-corrected chi connectivity index (χ0v) is 14.4. The van der Waals surface area contributed by atoms with Crippen LogP contribution >= 0.6 is 0 Å². The van der Waals surface area contributed by atoms with Gasteiger partial charge in [-0.05, 0) is 18.2 Å². The molecular weight excluding hydrogens is 367 g/mol.